The largest absolute Gasteiger partial charge is 0.493 e. The van der Waals surface area contributed by atoms with Crippen LogP contribution in [0.25, 0.3) is 6.08 Å². The summed E-state index contributed by atoms with van der Waals surface area (Å²) in [4.78, 5) is 16.5. The first-order chi connectivity index (χ1) is 11.7. The van der Waals surface area contributed by atoms with Gasteiger partial charge in [-0.1, -0.05) is 18.2 Å². The van der Waals surface area contributed by atoms with Crippen LogP contribution in [0.1, 0.15) is 36.9 Å². The lowest BCUT2D eigenvalue weighted by molar-refractivity contribution is -0.118. The highest BCUT2D eigenvalue weighted by Gasteiger charge is 2.26. The molecule has 126 valence electrons. The first-order valence-electron chi connectivity index (χ1n) is 7.88. The Balaban J connectivity index is 1.56. The highest BCUT2D eigenvalue weighted by molar-refractivity contribution is 7.13. The van der Waals surface area contributed by atoms with E-state index in [2.05, 4.69) is 10.3 Å². The van der Waals surface area contributed by atoms with Gasteiger partial charge in [0, 0.05) is 11.3 Å². The number of thiazole rings is 1. The summed E-state index contributed by atoms with van der Waals surface area (Å²) in [5.74, 6) is 1.50. The fourth-order valence-electron chi connectivity index (χ4n) is 2.31. The Bertz CT molecular complexity index is 750. The molecule has 1 amide bonds. The molecule has 1 aromatic carbocycles. The number of aromatic nitrogens is 1. The van der Waals surface area contributed by atoms with Gasteiger partial charge in [0.15, 0.2) is 23.2 Å². The molecule has 0 aliphatic heterocycles. The molecule has 1 fully saturated rings. The van der Waals surface area contributed by atoms with Gasteiger partial charge >= 0.3 is 0 Å². The molecule has 0 saturated heterocycles. The molecule has 3 rings (SSSR count). The van der Waals surface area contributed by atoms with Crippen LogP contribution in [0.15, 0.2) is 29.7 Å². The second kappa shape index (κ2) is 7.49. The van der Waals surface area contributed by atoms with E-state index < -0.39 is 0 Å². The number of allylic oxidation sites excluding steroid dienone is 1. The highest BCUT2D eigenvalue weighted by Crippen LogP contribution is 2.40. The molecule has 0 unspecified atom stereocenters. The Morgan fingerprint density at radius 3 is 2.96 bits per heavy atom. The quantitative estimate of drug-likeness (QED) is 0.822. The standard InChI is InChI=1S/C18H20N2O3S/c1-3-4-12-5-8-15(16(9-12)22-2)23-10-17(21)20-18-19-14(11-24-18)13-6-7-13/h3-5,8-9,11,13H,6-7,10H2,1-2H3,(H,19,20,21)/b4-3+. The van der Waals surface area contributed by atoms with Gasteiger partial charge in [-0.05, 0) is 37.5 Å². The third-order valence-electron chi connectivity index (χ3n) is 3.67. The van der Waals surface area contributed by atoms with Crippen LogP contribution in [-0.4, -0.2) is 24.6 Å². The predicted molar refractivity (Wildman–Crippen MR) is 95.9 cm³/mol. The van der Waals surface area contributed by atoms with Crippen molar-refractivity contribution in [3.8, 4) is 11.5 Å². The number of hydrogen-bond donors (Lipinski definition) is 1. The van der Waals surface area contributed by atoms with Gasteiger partial charge in [0.1, 0.15) is 0 Å². The Morgan fingerprint density at radius 2 is 2.25 bits per heavy atom. The number of anilines is 1. The summed E-state index contributed by atoms with van der Waals surface area (Å²) in [5.41, 5.74) is 2.10. The molecule has 1 heterocycles. The molecule has 1 aromatic heterocycles. The molecule has 0 atom stereocenters. The molecule has 0 radical (unpaired) electrons. The summed E-state index contributed by atoms with van der Waals surface area (Å²) in [7, 11) is 1.58. The van der Waals surface area contributed by atoms with Gasteiger partial charge in [-0.25, -0.2) is 4.98 Å². The van der Waals surface area contributed by atoms with Crippen molar-refractivity contribution in [2.75, 3.05) is 19.0 Å². The summed E-state index contributed by atoms with van der Waals surface area (Å²) in [6.45, 7) is 1.87. The Labute approximate surface area is 145 Å². The van der Waals surface area contributed by atoms with Crippen LogP contribution in [0.3, 0.4) is 0 Å². The zero-order valence-electron chi connectivity index (χ0n) is 13.7. The molecule has 0 bridgehead atoms. The molecule has 1 aliphatic carbocycles. The lowest BCUT2D eigenvalue weighted by Crippen LogP contribution is -2.20. The molecule has 2 aromatic rings. The van der Waals surface area contributed by atoms with E-state index in [9.17, 15) is 4.79 Å². The molecule has 5 nitrogen and oxygen atoms in total. The van der Waals surface area contributed by atoms with E-state index in [1.807, 2.05) is 36.6 Å². The maximum atomic E-state index is 12.0. The second-order valence-corrected chi connectivity index (χ2v) is 6.46. The van der Waals surface area contributed by atoms with Crippen molar-refractivity contribution in [1.82, 2.24) is 4.98 Å². The Hall–Kier alpha value is -2.34. The normalized spacial score (nSPS) is 13.9. The molecule has 1 aliphatic rings. The zero-order valence-corrected chi connectivity index (χ0v) is 14.6. The smallest absolute Gasteiger partial charge is 0.264 e. The molecular weight excluding hydrogens is 324 g/mol. The first-order valence-corrected chi connectivity index (χ1v) is 8.76. The lowest BCUT2D eigenvalue weighted by atomic mass is 10.2. The van der Waals surface area contributed by atoms with Gasteiger partial charge < -0.3 is 9.47 Å². The van der Waals surface area contributed by atoms with Gasteiger partial charge in [-0.2, -0.15) is 0 Å². The van der Waals surface area contributed by atoms with Crippen molar-refractivity contribution < 1.29 is 14.3 Å². The third kappa shape index (κ3) is 4.14. The minimum atomic E-state index is -0.230. The highest BCUT2D eigenvalue weighted by atomic mass is 32.1. The van der Waals surface area contributed by atoms with Crippen molar-refractivity contribution in [3.63, 3.8) is 0 Å². The average molecular weight is 344 g/mol. The summed E-state index contributed by atoms with van der Waals surface area (Å²) in [6.07, 6.45) is 6.32. The van der Waals surface area contributed by atoms with Crippen LogP contribution in [0.2, 0.25) is 0 Å². The van der Waals surface area contributed by atoms with Crippen molar-refractivity contribution in [3.05, 3.63) is 40.9 Å². The first kappa shape index (κ1) is 16.5. The van der Waals surface area contributed by atoms with Crippen LogP contribution in [-0.2, 0) is 4.79 Å². The van der Waals surface area contributed by atoms with Crippen LogP contribution in [0.4, 0.5) is 5.13 Å². The maximum absolute atomic E-state index is 12.0. The minimum absolute atomic E-state index is 0.0856. The summed E-state index contributed by atoms with van der Waals surface area (Å²) in [6, 6.07) is 5.59. The van der Waals surface area contributed by atoms with Crippen molar-refractivity contribution in [1.29, 1.82) is 0 Å². The number of carbonyl (C=O) groups is 1. The van der Waals surface area contributed by atoms with Crippen LogP contribution in [0.5, 0.6) is 11.5 Å². The molecular formula is C18H20N2O3S. The van der Waals surface area contributed by atoms with Crippen LogP contribution >= 0.6 is 11.3 Å². The average Bonchev–Trinajstić information content (AvgIpc) is 3.34. The van der Waals surface area contributed by atoms with E-state index in [4.69, 9.17) is 9.47 Å². The topological polar surface area (TPSA) is 60.5 Å². The summed E-state index contributed by atoms with van der Waals surface area (Å²) < 4.78 is 10.9. The van der Waals surface area contributed by atoms with Crippen molar-refractivity contribution in [2.24, 2.45) is 0 Å². The fraction of sp³-hybridized carbons (Fsp3) is 0.333. The van der Waals surface area contributed by atoms with Gasteiger partial charge in [0.25, 0.3) is 5.91 Å². The van der Waals surface area contributed by atoms with E-state index >= 15 is 0 Å². The number of methoxy groups -OCH3 is 1. The summed E-state index contributed by atoms with van der Waals surface area (Å²) >= 11 is 1.45. The maximum Gasteiger partial charge on any atom is 0.264 e. The van der Waals surface area contributed by atoms with Gasteiger partial charge in [0.05, 0.1) is 12.8 Å². The lowest BCUT2D eigenvalue weighted by Gasteiger charge is -2.11. The number of ether oxygens (including phenoxy) is 2. The van der Waals surface area contributed by atoms with Crippen LogP contribution < -0.4 is 14.8 Å². The number of benzene rings is 1. The SMILES string of the molecule is C/C=C/c1ccc(OCC(=O)Nc2nc(C3CC3)cs2)c(OC)c1. The molecule has 1 N–H and O–H groups in total. The van der Waals surface area contributed by atoms with Crippen molar-refractivity contribution >= 4 is 28.5 Å². The number of nitrogens with zero attached hydrogens (tertiary/aromatic N) is 1. The van der Waals surface area contributed by atoms with E-state index in [0.717, 1.165) is 11.3 Å². The number of nitrogens with one attached hydrogen (secondary N) is 1. The van der Waals surface area contributed by atoms with E-state index in [0.29, 0.717) is 22.5 Å². The van der Waals surface area contributed by atoms with Crippen LogP contribution in [0, 0.1) is 0 Å². The summed E-state index contributed by atoms with van der Waals surface area (Å²) in [5, 5.41) is 5.41. The van der Waals surface area contributed by atoms with Gasteiger partial charge in [-0.3, -0.25) is 10.1 Å². The van der Waals surface area contributed by atoms with E-state index in [1.165, 1.54) is 24.2 Å². The number of hydrogen-bond acceptors (Lipinski definition) is 5. The van der Waals surface area contributed by atoms with Gasteiger partial charge in [-0.15, -0.1) is 11.3 Å². The Kier molecular flexibility index (Phi) is 5.15. The van der Waals surface area contributed by atoms with E-state index in [-0.39, 0.29) is 12.5 Å². The number of amides is 1. The van der Waals surface area contributed by atoms with Crippen molar-refractivity contribution in [2.45, 2.75) is 25.7 Å². The molecule has 24 heavy (non-hydrogen) atoms. The molecule has 6 heteroatoms. The Morgan fingerprint density at radius 1 is 1.42 bits per heavy atom. The third-order valence-corrected chi connectivity index (χ3v) is 4.45. The zero-order chi connectivity index (χ0) is 16.9. The van der Waals surface area contributed by atoms with Gasteiger partial charge in [0.2, 0.25) is 0 Å². The minimum Gasteiger partial charge on any atom is -0.493 e. The molecule has 1 saturated carbocycles. The second-order valence-electron chi connectivity index (χ2n) is 5.60. The fourth-order valence-corrected chi connectivity index (χ4v) is 3.12. The number of rotatable bonds is 7. The molecule has 0 spiro atoms. The monoisotopic (exact) mass is 344 g/mol. The van der Waals surface area contributed by atoms with E-state index in [1.54, 1.807) is 13.2 Å². The number of carbonyl (C=O) groups excluding carboxylic acids is 1. The predicted octanol–water partition coefficient (Wildman–Crippen LogP) is 4.08.